The predicted molar refractivity (Wildman–Crippen MR) is 82.4 cm³/mol. The number of nitrogens with zero attached hydrogens (tertiary/aromatic N) is 1. The van der Waals surface area contributed by atoms with Gasteiger partial charge in [0, 0.05) is 11.8 Å². The van der Waals surface area contributed by atoms with E-state index in [0.29, 0.717) is 0 Å². The molecule has 1 N–H and O–H groups in total. The summed E-state index contributed by atoms with van der Waals surface area (Å²) in [5.41, 5.74) is 0.956. The predicted octanol–water partition coefficient (Wildman–Crippen LogP) is 3.76. The molecular formula is C17H19NO2. The lowest BCUT2D eigenvalue weighted by Gasteiger charge is -2.14. The van der Waals surface area contributed by atoms with E-state index in [-0.39, 0.29) is 5.92 Å². The SMILES string of the molecule is CCC(C)C(N=Cc1cccc2ccccc12)C(=O)O. The number of benzene rings is 2. The molecule has 0 heterocycles. The number of aliphatic carboxylic acids is 1. The van der Waals surface area contributed by atoms with Crippen LogP contribution in [0.2, 0.25) is 0 Å². The van der Waals surface area contributed by atoms with Crippen molar-refractivity contribution >= 4 is 23.0 Å². The Hall–Kier alpha value is -2.16. The van der Waals surface area contributed by atoms with E-state index >= 15 is 0 Å². The quantitative estimate of drug-likeness (QED) is 0.840. The Morgan fingerprint density at radius 2 is 1.95 bits per heavy atom. The minimum absolute atomic E-state index is 0.0266. The van der Waals surface area contributed by atoms with Gasteiger partial charge in [-0.3, -0.25) is 4.99 Å². The summed E-state index contributed by atoms with van der Waals surface area (Å²) in [5.74, 6) is -0.838. The molecule has 0 bridgehead atoms. The van der Waals surface area contributed by atoms with Crippen molar-refractivity contribution < 1.29 is 9.90 Å². The third-order valence-corrected chi connectivity index (χ3v) is 3.63. The minimum atomic E-state index is -0.865. The Morgan fingerprint density at radius 3 is 2.65 bits per heavy atom. The van der Waals surface area contributed by atoms with Gasteiger partial charge in [0.2, 0.25) is 0 Å². The Bertz CT molecular complexity index is 628. The molecule has 0 spiro atoms. The summed E-state index contributed by atoms with van der Waals surface area (Å²) in [4.78, 5) is 15.6. The van der Waals surface area contributed by atoms with Gasteiger partial charge in [-0.05, 0) is 16.7 Å². The van der Waals surface area contributed by atoms with Crippen LogP contribution in [0.15, 0.2) is 47.5 Å². The van der Waals surface area contributed by atoms with Gasteiger partial charge < -0.3 is 5.11 Å². The third kappa shape index (κ3) is 3.05. The smallest absolute Gasteiger partial charge is 0.328 e. The van der Waals surface area contributed by atoms with Gasteiger partial charge in [0.05, 0.1) is 0 Å². The van der Waals surface area contributed by atoms with Crippen LogP contribution in [0.1, 0.15) is 25.8 Å². The van der Waals surface area contributed by atoms with Gasteiger partial charge >= 0.3 is 5.97 Å². The Labute approximate surface area is 119 Å². The number of hydrogen-bond acceptors (Lipinski definition) is 2. The monoisotopic (exact) mass is 269 g/mol. The third-order valence-electron chi connectivity index (χ3n) is 3.63. The highest BCUT2D eigenvalue weighted by Crippen LogP contribution is 2.18. The molecule has 2 aromatic carbocycles. The minimum Gasteiger partial charge on any atom is -0.480 e. The lowest BCUT2D eigenvalue weighted by molar-refractivity contribution is -0.139. The fraction of sp³-hybridized carbons (Fsp3) is 0.294. The maximum absolute atomic E-state index is 11.3. The highest BCUT2D eigenvalue weighted by atomic mass is 16.4. The molecule has 0 aliphatic heterocycles. The van der Waals surface area contributed by atoms with E-state index < -0.39 is 12.0 Å². The van der Waals surface area contributed by atoms with Crippen molar-refractivity contribution in [2.45, 2.75) is 26.3 Å². The molecule has 0 saturated carbocycles. The van der Waals surface area contributed by atoms with Crippen molar-refractivity contribution in [1.29, 1.82) is 0 Å². The highest BCUT2D eigenvalue weighted by molar-refractivity contribution is 6.00. The molecule has 3 nitrogen and oxygen atoms in total. The Morgan fingerprint density at radius 1 is 1.25 bits per heavy atom. The van der Waals surface area contributed by atoms with Crippen molar-refractivity contribution in [3.05, 3.63) is 48.0 Å². The van der Waals surface area contributed by atoms with E-state index in [1.54, 1.807) is 6.21 Å². The highest BCUT2D eigenvalue weighted by Gasteiger charge is 2.21. The molecule has 0 saturated heterocycles. The second kappa shape index (κ2) is 6.33. The first kappa shape index (κ1) is 14.3. The van der Waals surface area contributed by atoms with Crippen molar-refractivity contribution in [3.8, 4) is 0 Å². The van der Waals surface area contributed by atoms with Crippen molar-refractivity contribution in [2.75, 3.05) is 0 Å². The molecule has 2 atom stereocenters. The fourth-order valence-corrected chi connectivity index (χ4v) is 2.20. The first-order valence-corrected chi connectivity index (χ1v) is 6.87. The second-order valence-corrected chi connectivity index (χ2v) is 5.02. The van der Waals surface area contributed by atoms with Gasteiger partial charge in [0.15, 0.2) is 0 Å². The lowest BCUT2D eigenvalue weighted by atomic mass is 9.99. The average Bonchev–Trinajstić information content (AvgIpc) is 2.47. The van der Waals surface area contributed by atoms with E-state index in [1.165, 1.54) is 0 Å². The molecule has 2 rings (SSSR count). The number of carbonyl (C=O) groups is 1. The molecule has 3 heteroatoms. The van der Waals surface area contributed by atoms with Crippen LogP contribution in [-0.4, -0.2) is 23.3 Å². The molecule has 0 aromatic heterocycles. The summed E-state index contributed by atoms with van der Waals surface area (Å²) in [6.45, 7) is 3.90. The number of carboxylic acids is 1. The summed E-state index contributed by atoms with van der Waals surface area (Å²) in [5, 5.41) is 11.5. The number of fused-ring (bicyclic) bond motifs is 1. The van der Waals surface area contributed by atoms with Crippen LogP contribution in [0.25, 0.3) is 10.8 Å². The summed E-state index contributed by atoms with van der Waals surface area (Å²) < 4.78 is 0. The molecule has 2 unspecified atom stereocenters. The molecular weight excluding hydrogens is 250 g/mol. The first-order chi connectivity index (χ1) is 9.63. The molecule has 0 amide bonds. The van der Waals surface area contributed by atoms with Crippen LogP contribution in [0.4, 0.5) is 0 Å². The molecule has 2 aromatic rings. The lowest BCUT2D eigenvalue weighted by Crippen LogP contribution is -2.25. The standard InChI is InChI=1S/C17H19NO2/c1-3-12(2)16(17(19)20)18-11-14-9-6-8-13-7-4-5-10-15(13)14/h4-12,16H,3H2,1-2H3,(H,19,20). The van der Waals surface area contributed by atoms with Gasteiger partial charge in [0.1, 0.15) is 6.04 Å². The number of carboxylic acid groups (broad SMARTS) is 1. The molecule has 104 valence electrons. The summed E-state index contributed by atoms with van der Waals surface area (Å²) in [6, 6.07) is 13.3. The Balaban J connectivity index is 2.35. The van der Waals surface area contributed by atoms with Crippen LogP contribution < -0.4 is 0 Å². The van der Waals surface area contributed by atoms with Crippen molar-refractivity contribution in [3.63, 3.8) is 0 Å². The van der Waals surface area contributed by atoms with Crippen LogP contribution in [-0.2, 0) is 4.79 Å². The zero-order valence-electron chi connectivity index (χ0n) is 11.8. The van der Waals surface area contributed by atoms with E-state index in [9.17, 15) is 9.90 Å². The molecule has 0 fully saturated rings. The normalized spacial score (nSPS) is 14.5. The van der Waals surface area contributed by atoms with E-state index in [2.05, 4.69) is 4.99 Å². The van der Waals surface area contributed by atoms with E-state index in [0.717, 1.165) is 22.8 Å². The van der Waals surface area contributed by atoms with Crippen LogP contribution in [0, 0.1) is 5.92 Å². The summed E-state index contributed by atoms with van der Waals surface area (Å²) >= 11 is 0. The fourth-order valence-electron chi connectivity index (χ4n) is 2.20. The Kier molecular flexibility index (Phi) is 4.51. The summed E-state index contributed by atoms with van der Waals surface area (Å²) in [6.07, 6.45) is 2.48. The van der Waals surface area contributed by atoms with Crippen LogP contribution >= 0.6 is 0 Å². The largest absolute Gasteiger partial charge is 0.480 e. The number of aliphatic imine (C=N–C) groups is 1. The topological polar surface area (TPSA) is 49.7 Å². The first-order valence-electron chi connectivity index (χ1n) is 6.87. The van der Waals surface area contributed by atoms with Gasteiger partial charge in [-0.1, -0.05) is 62.7 Å². The van der Waals surface area contributed by atoms with Gasteiger partial charge in [0.25, 0.3) is 0 Å². The molecule has 0 aliphatic rings. The summed E-state index contributed by atoms with van der Waals surface area (Å²) in [7, 11) is 0. The zero-order chi connectivity index (χ0) is 14.5. The van der Waals surface area contributed by atoms with E-state index in [1.807, 2.05) is 56.3 Å². The van der Waals surface area contributed by atoms with Crippen LogP contribution in [0.5, 0.6) is 0 Å². The van der Waals surface area contributed by atoms with Crippen LogP contribution in [0.3, 0.4) is 0 Å². The average molecular weight is 269 g/mol. The van der Waals surface area contributed by atoms with Crippen molar-refractivity contribution in [2.24, 2.45) is 10.9 Å². The molecule has 0 aliphatic carbocycles. The maximum Gasteiger partial charge on any atom is 0.328 e. The molecule has 20 heavy (non-hydrogen) atoms. The zero-order valence-corrected chi connectivity index (χ0v) is 11.8. The van der Waals surface area contributed by atoms with Gasteiger partial charge in [-0.25, -0.2) is 4.79 Å². The second-order valence-electron chi connectivity index (χ2n) is 5.02. The van der Waals surface area contributed by atoms with Gasteiger partial charge in [-0.2, -0.15) is 0 Å². The maximum atomic E-state index is 11.3. The van der Waals surface area contributed by atoms with Crippen molar-refractivity contribution in [1.82, 2.24) is 0 Å². The molecule has 0 radical (unpaired) electrons. The number of rotatable bonds is 5. The number of hydrogen-bond donors (Lipinski definition) is 1. The van der Waals surface area contributed by atoms with E-state index in [4.69, 9.17) is 0 Å². The van der Waals surface area contributed by atoms with Gasteiger partial charge in [-0.15, -0.1) is 0 Å².